The standard InChI is InChI=1S/C16H28N2O2S/c1-6-8-9-18(14(5)7-2)21(19,20)16-11-13(4)12(3)10-15(16)17/h10-11,14H,6-9,17H2,1-5H3. The van der Waals surface area contributed by atoms with Crippen molar-refractivity contribution in [3.8, 4) is 0 Å². The normalized spacial score (nSPS) is 13.6. The third kappa shape index (κ3) is 3.98. The number of rotatable bonds is 7. The quantitative estimate of drug-likeness (QED) is 0.784. The Hall–Kier alpha value is -1.07. The van der Waals surface area contributed by atoms with Gasteiger partial charge in [-0.15, -0.1) is 0 Å². The molecule has 1 aromatic carbocycles. The minimum atomic E-state index is -3.55. The van der Waals surface area contributed by atoms with Crippen LogP contribution in [-0.2, 0) is 10.0 Å². The Morgan fingerprint density at radius 1 is 1.19 bits per heavy atom. The van der Waals surface area contributed by atoms with Crippen LogP contribution in [-0.4, -0.2) is 25.3 Å². The summed E-state index contributed by atoms with van der Waals surface area (Å²) in [5.74, 6) is 0. The predicted octanol–water partition coefficient (Wildman–Crippen LogP) is 3.47. The van der Waals surface area contributed by atoms with E-state index in [1.54, 1.807) is 16.4 Å². The maximum atomic E-state index is 13.0. The maximum Gasteiger partial charge on any atom is 0.245 e. The number of hydrogen-bond donors (Lipinski definition) is 1. The summed E-state index contributed by atoms with van der Waals surface area (Å²) in [4.78, 5) is 0.238. The Morgan fingerprint density at radius 2 is 1.76 bits per heavy atom. The number of unbranched alkanes of at least 4 members (excludes halogenated alkanes) is 1. The van der Waals surface area contributed by atoms with Gasteiger partial charge in [-0.2, -0.15) is 4.31 Å². The summed E-state index contributed by atoms with van der Waals surface area (Å²) in [5, 5.41) is 0. The average molecular weight is 312 g/mol. The molecule has 21 heavy (non-hydrogen) atoms. The SMILES string of the molecule is CCCCN(C(C)CC)S(=O)(=O)c1cc(C)c(C)cc1N. The molecule has 0 heterocycles. The topological polar surface area (TPSA) is 63.4 Å². The lowest BCUT2D eigenvalue weighted by molar-refractivity contribution is 0.324. The molecule has 0 bridgehead atoms. The molecule has 0 fully saturated rings. The fourth-order valence-corrected chi connectivity index (χ4v) is 4.18. The number of anilines is 1. The van der Waals surface area contributed by atoms with E-state index in [0.717, 1.165) is 30.4 Å². The number of benzene rings is 1. The van der Waals surface area contributed by atoms with Gasteiger partial charge in [-0.05, 0) is 56.9 Å². The molecule has 0 radical (unpaired) electrons. The Balaban J connectivity index is 3.31. The molecule has 0 spiro atoms. The van der Waals surface area contributed by atoms with Crippen molar-refractivity contribution in [3.05, 3.63) is 23.3 Å². The van der Waals surface area contributed by atoms with E-state index in [1.807, 2.05) is 27.7 Å². The molecule has 0 aliphatic heterocycles. The van der Waals surface area contributed by atoms with E-state index in [0.29, 0.717) is 12.2 Å². The zero-order valence-electron chi connectivity index (χ0n) is 13.8. The number of aryl methyl sites for hydroxylation is 2. The van der Waals surface area contributed by atoms with Gasteiger partial charge >= 0.3 is 0 Å². The number of nitrogen functional groups attached to an aromatic ring is 1. The molecule has 0 amide bonds. The molecule has 1 atom stereocenters. The predicted molar refractivity (Wildman–Crippen MR) is 88.9 cm³/mol. The molecule has 0 aliphatic carbocycles. The molecule has 5 heteroatoms. The molecule has 0 aromatic heterocycles. The van der Waals surface area contributed by atoms with E-state index < -0.39 is 10.0 Å². The molecule has 1 rings (SSSR count). The summed E-state index contributed by atoms with van der Waals surface area (Å²) in [5.41, 5.74) is 8.27. The molecule has 4 nitrogen and oxygen atoms in total. The van der Waals surface area contributed by atoms with Gasteiger partial charge in [-0.1, -0.05) is 20.3 Å². The number of nitrogens with two attached hydrogens (primary N) is 1. The Labute approximate surface area is 129 Å². The Morgan fingerprint density at radius 3 is 2.29 bits per heavy atom. The lowest BCUT2D eigenvalue weighted by atomic mass is 10.1. The largest absolute Gasteiger partial charge is 0.398 e. The average Bonchev–Trinajstić information content (AvgIpc) is 2.42. The van der Waals surface area contributed by atoms with E-state index in [9.17, 15) is 8.42 Å². The highest BCUT2D eigenvalue weighted by Crippen LogP contribution is 2.27. The van der Waals surface area contributed by atoms with Gasteiger partial charge in [0.15, 0.2) is 0 Å². The molecular formula is C16H28N2O2S. The van der Waals surface area contributed by atoms with E-state index in [2.05, 4.69) is 6.92 Å². The van der Waals surface area contributed by atoms with Gasteiger partial charge in [0, 0.05) is 12.6 Å². The Kier molecular flexibility index (Phi) is 6.23. The minimum absolute atomic E-state index is 0.0254. The second kappa shape index (κ2) is 7.27. The Bertz CT molecular complexity index is 582. The molecule has 0 saturated heterocycles. The zero-order valence-corrected chi connectivity index (χ0v) is 14.6. The summed E-state index contributed by atoms with van der Waals surface area (Å²) >= 11 is 0. The van der Waals surface area contributed by atoms with E-state index in [4.69, 9.17) is 5.73 Å². The van der Waals surface area contributed by atoms with Crippen LogP contribution in [0.2, 0.25) is 0 Å². The van der Waals surface area contributed by atoms with Crippen LogP contribution in [0, 0.1) is 13.8 Å². The first kappa shape index (κ1) is 18.0. The van der Waals surface area contributed by atoms with E-state index in [-0.39, 0.29) is 10.9 Å². The lowest BCUT2D eigenvalue weighted by Crippen LogP contribution is -2.39. The molecule has 2 N–H and O–H groups in total. The molecule has 1 aromatic rings. The van der Waals surface area contributed by atoms with Gasteiger partial charge in [-0.25, -0.2) is 8.42 Å². The highest BCUT2D eigenvalue weighted by molar-refractivity contribution is 7.89. The first-order chi connectivity index (χ1) is 9.75. The van der Waals surface area contributed by atoms with Gasteiger partial charge in [0.25, 0.3) is 0 Å². The van der Waals surface area contributed by atoms with Crippen LogP contribution in [0.4, 0.5) is 5.69 Å². The molecule has 120 valence electrons. The van der Waals surface area contributed by atoms with Crippen molar-refractivity contribution in [3.63, 3.8) is 0 Å². The first-order valence-electron chi connectivity index (χ1n) is 7.64. The molecule has 0 aliphatic rings. The van der Waals surface area contributed by atoms with Gasteiger partial charge < -0.3 is 5.73 Å². The van der Waals surface area contributed by atoms with Crippen molar-refractivity contribution >= 4 is 15.7 Å². The van der Waals surface area contributed by atoms with Crippen molar-refractivity contribution in [2.45, 2.75) is 64.8 Å². The van der Waals surface area contributed by atoms with Crippen molar-refractivity contribution in [2.75, 3.05) is 12.3 Å². The van der Waals surface area contributed by atoms with Crippen molar-refractivity contribution in [1.82, 2.24) is 4.31 Å². The van der Waals surface area contributed by atoms with Crippen LogP contribution in [0.25, 0.3) is 0 Å². The highest BCUT2D eigenvalue weighted by Gasteiger charge is 2.29. The van der Waals surface area contributed by atoms with E-state index in [1.165, 1.54) is 0 Å². The summed E-state index contributed by atoms with van der Waals surface area (Å²) in [6.45, 7) is 10.4. The summed E-state index contributed by atoms with van der Waals surface area (Å²) in [6, 6.07) is 3.42. The lowest BCUT2D eigenvalue weighted by Gasteiger charge is -2.28. The molecule has 1 unspecified atom stereocenters. The van der Waals surface area contributed by atoms with Crippen LogP contribution in [0.5, 0.6) is 0 Å². The second-order valence-corrected chi connectivity index (χ2v) is 7.56. The highest BCUT2D eigenvalue weighted by atomic mass is 32.2. The van der Waals surface area contributed by atoms with Gasteiger partial charge in [0.1, 0.15) is 4.90 Å². The number of hydrogen-bond acceptors (Lipinski definition) is 3. The van der Waals surface area contributed by atoms with Crippen molar-refractivity contribution in [1.29, 1.82) is 0 Å². The van der Waals surface area contributed by atoms with Crippen LogP contribution in [0.15, 0.2) is 17.0 Å². The van der Waals surface area contributed by atoms with E-state index >= 15 is 0 Å². The fraction of sp³-hybridized carbons (Fsp3) is 0.625. The van der Waals surface area contributed by atoms with Crippen LogP contribution < -0.4 is 5.73 Å². The van der Waals surface area contributed by atoms with Crippen LogP contribution in [0.3, 0.4) is 0 Å². The third-order valence-electron chi connectivity index (χ3n) is 4.03. The van der Waals surface area contributed by atoms with Gasteiger partial charge in [0.05, 0.1) is 5.69 Å². The maximum absolute atomic E-state index is 13.0. The van der Waals surface area contributed by atoms with Gasteiger partial charge in [-0.3, -0.25) is 0 Å². The minimum Gasteiger partial charge on any atom is -0.398 e. The third-order valence-corrected chi connectivity index (χ3v) is 6.10. The monoisotopic (exact) mass is 312 g/mol. The molecular weight excluding hydrogens is 284 g/mol. The smallest absolute Gasteiger partial charge is 0.245 e. The fourth-order valence-electron chi connectivity index (χ4n) is 2.26. The number of nitrogens with zero attached hydrogens (tertiary/aromatic N) is 1. The van der Waals surface area contributed by atoms with Crippen LogP contribution in [0.1, 0.15) is 51.2 Å². The molecule has 0 saturated carbocycles. The zero-order chi connectivity index (χ0) is 16.2. The van der Waals surface area contributed by atoms with Crippen LogP contribution >= 0.6 is 0 Å². The van der Waals surface area contributed by atoms with Gasteiger partial charge in [0.2, 0.25) is 10.0 Å². The first-order valence-corrected chi connectivity index (χ1v) is 9.08. The van der Waals surface area contributed by atoms with Crippen molar-refractivity contribution in [2.24, 2.45) is 0 Å². The summed E-state index contributed by atoms with van der Waals surface area (Å²) < 4.78 is 27.5. The van der Waals surface area contributed by atoms with Crippen molar-refractivity contribution < 1.29 is 8.42 Å². The summed E-state index contributed by atoms with van der Waals surface area (Å²) in [6.07, 6.45) is 2.60. The second-order valence-electron chi connectivity index (χ2n) is 5.70. The summed E-state index contributed by atoms with van der Waals surface area (Å²) in [7, 11) is -3.55. The number of sulfonamides is 1.